The van der Waals surface area contributed by atoms with Gasteiger partial charge in [0.1, 0.15) is 0 Å². The van der Waals surface area contributed by atoms with E-state index in [1.165, 1.54) is 17.5 Å². The van der Waals surface area contributed by atoms with Gasteiger partial charge in [0, 0.05) is 25.6 Å². The average Bonchev–Trinajstić information content (AvgIpc) is 2.90. The third-order valence-corrected chi connectivity index (χ3v) is 3.68. The van der Waals surface area contributed by atoms with Crippen LogP contribution in [0.5, 0.6) is 0 Å². The topological polar surface area (TPSA) is 44.4 Å². The summed E-state index contributed by atoms with van der Waals surface area (Å²) in [6.07, 6.45) is 2.89. The van der Waals surface area contributed by atoms with Gasteiger partial charge in [-0.1, -0.05) is 24.3 Å². The Morgan fingerprint density at radius 2 is 1.95 bits per heavy atom. The monoisotopic (exact) mass is 347 g/mol. The van der Waals surface area contributed by atoms with Gasteiger partial charge >= 0.3 is 0 Å². The molecule has 1 aromatic carbocycles. The molecule has 1 atom stereocenters. The molecule has 0 saturated carbocycles. The number of carbonyl (C=O) groups is 1. The van der Waals surface area contributed by atoms with Crippen LogP contribution in [-0.2, 0) is 17.9 Å². The van der Waals surface area contributed by atoms with E-state index in [0.29, 0.717) is 19.0 Å². The molecule has 0 aromatic heterocycles. The maximum Gasteiger partial charge on any atom is 0.221 e. The maximum atomic E-state index is 11.9. The van der Waals surface area contributed by atoms with E-state index in [0.717, 1.165) is 19.5 Å². The molecule has 22 heavy (non-hydrogen) atoms. The molecule has 0 aliphatic carbocycles. The van der Waals surface area contributed by atoms with Crippen LogP contribution < -0.4 is 10.6 Å². The van der Waals surface area contributed by atoms with Gasteiger partial charge in [0.25, 0.3) is 0 Å². The molecule has 1 amide bonds. The van der Waals surface area contributed by atoms with Crippen LogP contribution >= 0.6 is 24.8 Å². The zero-order valence-electron chi connectivity index (χ0n) is 13.3. The van der Waals surface area contributed by atoms with Crippen LogP contribution in [0.1, 0.15) is 30.4 Å². The number of halogens is 2. The highest BCUT2D eigenvalue weighted by atomic mass is 35.5. The van der Waals surface area contributed by atoms with E-state index in [4.69, 9.17) is 0 Å². The summed E-state index contributed by atoms with van der Waals surface area (Å²) < 4.78 is 0. The van der Waals surface area contributed by atoms with Crippen LogP contribution in [-0.4, -0.2) is 37.5 Å². The Labute approximate surface area is 145 Å². The van der Waals surface area contributed by atoms with Crippen molar-refractivity contribution in [3.8, 4) is 0 Å². The van der Waals surface area contributed by atoms with E-state index < -0.39 is 0 Å². The van der Waals surface area contributed by atoms with Crippen molar-refractivity contribution in [1.29, 1.82) is 0 Å². The number of hydrogen-bond donors (Lipinski definition) is 2. The van der Waals surface area contributed by atoms with Crippen LogP contribution in [0, 0.1) is 0 Å². The number of carbonyl (C=O) groups excluding carboxylic acids is 1. The van der Waals surface area contributed by atoms with E-state index in [1.807, 2.05) is 12.1 Å². The Morgan fingerprint density at radius 1 is 1.27 bits per heavy atom. The summed E-state index contributed by atoms with van der Waals surface area (Å²) in [4.78, 5) is 14.1. The molecule has 6 heteroatoms. The molecule has 1 aliphatic heterocycles. The van der Waals surface area contributed by atoms with Crippen molar-refractivity contribution in [3.05, 3.63) is 35.4 Å². The van der Waals surface area contributed by atoms with Crippen molar-refractivity contribution < 1.29 is 4.79 Å². The molecule has 1 aromatic rings. The predicted octanol–water partition coefficient (Wildman–Crippen LogP) is 2.35. The smallest absolute Gasteiger partial charge is 0.221 e. The molecule has 2 N–H and O–H groups in total. The zero-order chi connectivity index (χ0) is 14.4. The molecule has 1 heterocycles. The standard InChI is InChI=1S/C16H25N3O.2ClH/c1-19(2)12-14-7-4-3-6-13(14)11-18-16(20)10-15-8-5-9-17-15;;/h3-4,6-7,15,17H,5,8-12H2,1-2H3,(H,18,20);2*1H. The SMILES string of the molecule is CN(C)Cc1ccccc1CNC(=O)CC1CCCN1.Cl.Cl. The number of amides is 1. The lowest BCUT2D eigenvalue weighted by Gasteiger charge is -2.15. The zero-order valence-corrected chi connectivity index (χ0v) is 14.9. The van der Waals surface area contributed by atoms with Gasteiger partial charge in [0.05, 0.1) is 0 Å². The Hall–Kier alpha value is -0.810. The van der Waals surface area contributed by atoms with E-state index in [9.17, 15) is 4.79 Å². The summed E-state index contributed by atoms with van der Waals surface area (Å²) in [7, 11) is 4.11. The highest BCUT2D eigenvalue weighted by Crippen LogP contribution is 2.11. The van der Waals surface area contributed by atoms with Crippen molar-refractivity contribution in [2.24, 2.45) is 0 Å². The first kappa shape index (κ1) is 21.2. The van der Waals surface area contributed by atoms with Crippen LogP contribution in [0.4, 0.5) is 0 Å². The lowest BCUT2D eigenvalue weighted by molar-refractivity contribution is -0.121. The molecule has 0 bridgehead atoms. The predicted molar refractivity (Wildman–Crippen MR) is 95.8 cm³/mol. The molecule has 4 nitrogen and oxygen atoms in total. The second kappa shape index (κ2) is 10.8. The van der Waals surface area contributed by atoms with Crippen molar-refractivity contribution >= 4 is 30.7 Å². The summed E-state index contributed by atoms with van der Waals surface area (Å²) in [5, 5.41) is 6.40. The number of rotatable bonds is 6. The molecule has 0 radical (unpaired) electrons. The van der Waals surface area contributed by atoms with Crippen LogP contribution in [0.15, 0.2) is 24.3 Å². The molecule has 0 spiro atoms. The summed E-state index contributed by atoms with van der Waals surface area (Å²) in [5.41, 5.74) is 2.48. The third kappa shape index (κ3) is 6.97. The van der Waals surface area contributed by atoms with E-state index in [-0.39, 0.29) is 30.7 Å². The molecule has 1 saturated heterocycles. The fourth-order valence-electron chi connectivity index (χ4n) is 2.65. The number of benzene rings is 1. The lowest BCUT2D eigenvalue weighted by Crippen LogP contribution is -2.31. The number of nitrogens with one attached hydrogen (secondary N) is 2. The Morgan fingerprint density at radius 3 is 2.55 bits per heavy atom. The van der Waals surface area contributed by atoms with Gasteiger partial charge in [-0.05, 0) is 44.6 Å². The first-order chi connectivity index (χ1) is 9.65. The van der Waals surface area contributed by atoms with Crippen LogP contribution in [0.3, 0.4) is 0 Å². The fourth-order valence-corrected chi connectivity index (χ4v) is 2.65. The van der Waals surface area contributed by atoms with Gasteiger partial charge < -0.3 is 15.5 Å². The molecule has 1 aliphatic rings. The molecular weight excluding hydrogens is 321 g/mol. The van der Waals surface area contributed by atoms with Crippen molar-refractivity contribution in [2.75, 3.05) is 20.6 Å². The van der Waals surface area contributed by atoms with Gasteiger partial charge in [-0.2, -0.15) is 0 Å². The van der Waals surface area contributed by atoms with Gasteiger partial charge in [0.2, 0.25) is 5.91 Å². The first-order valence-corrected chi connectivity index (χ1v) is 7.37. The Balaban J connectivity index is 0.00000220. The minimum atomic E-state index is 0. The summed E-state index contributed by atoms with van der Waals surface area (Å²) >= 11 is 0. The largest absolute Gasteiger partial charge is 0.352 e. The minimum Gasteiger partial charge on any atom is -0.352 e. The molecule has 2 rings (SSSR count). The van der Waals surface area contributed by atoms with E-state index in [2.05, 4.69) is 41.8 Å². The highest BCUT2D eigenvalue weighted by Gasteiger charge is 2.17. The summed E-state index contributed by atoms with van der Waals surface area (Å²) in [6.45, 7) is 2.56. The minimum absolute atomic E-state index is 0. The quantitative estimate of drug-likeness (QED) is 0.830. The van der Waals surface area contributed by atoms with Gasteiger partial charge in [-0.3, -0.25) is 4.79 Å². The van der Waals surface area contributed by atoms with Gasteiger partial charge in [-0.15, -0.1) is 24.8 Å². The Bertz CT molecular complexity index is 449. The van der Waals surface area contributed by atoms with E-state index in [1.54, 1.807) is 0 Å². The average molecular weight is 348 g/mol. The van der Waals surface area contributed by atoms with Gasteiger partial charge in [0.15, 0.2) is 0 Å². The second-order valence-corrected chi connectivity index (χ2v) is 5.78. The maximum absolute atomic E-state index is 11.9. The highest BCUT2D eigenvalue weighted by molar-refractivity contribution is 5.85. The number of hydrogen-bond acceptors (Lipinski definition) is 3. The molecular formula is C16H27Cl2N3O. The Kier molecular flexibility index (Phi) is 10.4. The normalized spacial score (nSPS) is 16.8. The molecule has 1 fully saturated rings. The van der Waals surface area contributed by atoms with Gasteiger partial charge in [-0.25, -0.2) is 0 Å². The lowest BCUT2D eigenvalue weighted by atomic mass is 10.1. The summed E-state index contributed by atoms with van der Waals surface area (Å²) in [6, 6.07) is 8.66. The third-order valence-electron chi connectivity index (χ3n) is 3.68. The van der Waals surface area contributed by atoms with Crippen molar-refractivity contribution in [3.63, 3.8) is 0 Å². The summed E-state index contributed by atoms with van der Waals surface area (Å²) in [5.74, 6) is 0.143. The van der Waals surface area contributed by atoms with Crippen LogP contribution in [0.25, 0.3) is 0 Å². The van der Waals surface area contributed by atoms with Crippen molar-refractivity contribution in [2.45, 2.75) is 38.4 Å². The molecule has 126 valence electrons. The molecule has 1 unspecified atom stereocenters. The van der Waals surface area contributed by atoms with E-state index >= 15 is 0 Å². The van der Waals surface area contributed by atoms with Crippen LogP contribution in [0.2, 0.25) is 0 Å². The van der Waals surface area contributed by atoms with Crippen molar-refractivity contribution in [1.82, 2.24) is 15.5 Å². The first-order valence-electron chi connectivity index (χ1n) is 7.37. The fraction of sp³-hybridized carbons (Fsp3) is 0.562. The number of nitrogens with zero attached hydrogens (tertiary/aromatic N) is 1. The second-order valence-electron chi connectivity index (χ2n) is 5.78.